The van der Waals surface area contributed by atoms with Crippen molar-refractivity contribution in [1.29, 1.82) is 0 Å². The molecule has 2 aromatic rings. The van der Waals surface area contributed by atoms with Crippen molar-refractivity contribution in [3.05, 3.63) is 46.8 Å². The molecule has 0 aliphatic carbocycles. The van der Waals surface area contributed by atoms with Crippen molar-refractivity contribution in [3.63, 3.8) is 0 Å². The Morgan fingerprint density at radius 2 is 2.00 bits per heavy atom. The molecule has 1 unspecified atom stereocenters. The van der Waals surface area contributed by atoms with E-state index in [9.17, 15) is 0 Å². The molecule has 0 saturated heterocycles. The van der Waals surface area contributed by atoms with E-state index in [4.69, 9.17) is 14.3 Å². The van der Waals surface area contributed by atoms with Gasteiger partial charge in [-0.1, -0.05) is 31.1 Å². The maximum absolute atomic E-state index is 5.46. The van der Waals surface area contributed by atoms with Gasteiger partial charge in [0.2, 0.25) is 0 Å². The summed E-state index contributed by atoms with van der Waals surface area (Å²) < 4.78 is 10.8. The predicted molar refractivity (Wildman–Crippen MR) is 117 cm³/mol. The van der Waals surface area contributed by atoms with Crippen LogP contribution in [0.15, 0.2) is 33.8 Å². The van der Waals surface area contributed by atoms with Crippen LogP contribution in [0.3, 0.4) is 0 Å². The molecule has 7 heteroatoms. The second-order valence-electron chi connectivity index (χ2n) is 7.07. The fourth-order valence-electron chi connectivity index (χ4n) is 3.26. The van der Waals surface area contributed by atoms with E-state index in [0.29, 0.717) is 6.54 Å². The maximum Gasteiger partial charge on any atom is 0.191 e. The first-order valence-electron chi connectivity index (χ1n) is 10.3. The molecule has 0 aliphatic rings. The van der Waals surface area contributed by atoms with E-state index in [0.717, 1.165) is 54.7 Å². The minimum Gasteiger partial charge on any atom is -0.497 e. The third-order valence-electron chi connectivity index (χ3n) is 4.91. The summed E-state index contributed by atoms with van der Waals surface area (Å²) in [5.74, 6) is 2.57. The lowest BCUT2D eigenvalue weighted by Gasteiger charge is -2.26. The van der Waals surface area contributed by atoms with Gasteiger partial charge in [-0.25, -0.2) is 4.99 Å². The van der Waals surface area contributed by atoms with Gasteiger partial charge >= 0.3 is 0 Å². The molecule has 0 spiro atoms. The molecule has 0 saturated carbocycles. The van der Waals surface area contributed by atoms with Gasteiger partial charge in [0.05, 0.1) is 25.4 Å². The zero-order valence-electron chi connectivity index (χ0n) is 18.6. The molecule has 2 rings (SSSR count). The van der Waals surface area contributed by atoms with Crippen LogP contribution in [-0.2, 0) is 19.4 Å². The number of hydrogen-bond acceptors (Lipinski definition) is 5. The highest BCUT2D eigenvalue weighted by Crippen LogP contribution is 2.22. The smallest absolute Gasteiger partial charge is 0.191 e. The molecule has 1 aromatic heterocycles. The first kappa shape index (κ1) is 22.7. The second kappa shape index (κ2) is 11.5. The van der Waals surface area contributed by atoms with Crippen LogP contribution in [-0.4, -0.2) is 50.3 Å². The molecule has 0 bridgehead atoms. The summed E-state index contributed by atoms with van der Waals surface area (Å²) in [4.78, 5) is 6.97. The van der Waals surface area contributed by atoms with Crippen LogP contribution in [0.1, 0.15) is 49.4 Å². The number of guanidine groups is 1. The van der Waals surface area contributed by atoms with Gasteiger partial charge < -0.3 is 24.8 Å². The van der Waals surface area contributed by atoms with Gasteiger partial charge in [-0.2, -0.15) is 0 Å². The number of rotatable bonds is 10. The first-order chi connectivity index (χ1) is 14.0. The lowest BCUT2D eigenvalue weighted by molar-refractivity contribution is 0.297. The van der Waals surface area contributed by atoms with Crippen LogP contribution in [0.5, 0.6) is 5.75 Å². The predicted octanol–water partition coefficient (Wildman–Crippen LogP) is 3.17. The average Bonchev–Trinajstić information content (AvgIpc) is 3.13. The number of ether oxygens (including phenoxy) is 1. The monoisotopic (exact) mass is 401 g/mol. The highest BCUT2D eigenvalue weighted by Gasteiger charge is 2.16. The lowest BCUT2D eigenvalue weighted by atomic mass is 10.1. The summed E-state index contributed by atoms with van der Waals surface area (Å²) >= 11 is 0. The molecule has 0 radical (unpaired) electrons. The molecular weight excluding hydrogens is 366 g/mol. The van der Waals surface area contributed by atoms with Crippen molar-refractivity contribution in [2.75, 3.05) is 34.3 Å². The Balaban J connectivity index is 2.14. The van der Waals surface area contributed by atoms with Crippen molar-refractivity contribution in [1.82, 2.24) is 20.7 Å². The number of hydrogen-bond donors (Lipinski definition) is 2. The number of nitrogens with zero attached hydrogens (tertiary/aromatic N) is 3. The highest BCUT2D eigenvalue weighted by atomic mass is 16.5. The Morgan fingerprint density at radius 3 is 2.62 bits per heavy atom. The number of aromatic nitrogens is 1. The Morgan fingerprint density at radius 1 is 1.21 bits per heavy atom. The zero-order chi connectivity index (χ0) is 21.2. The van der Waals surface area contributed by atoms with Crippen LogP contribution in [0.4, 0.5) is 0 Å². The van der Waals surface area contributed by atoms with Crippen molar-refractivity contribution < 1.29 is 9.26 Å². The highest BCUT2D eigenvalue weighted by molar-refractivity contribution is 5.79. The molecular formula is C22H35N5O2. The summed E-state index contributed by atoms with van der Waals surface area (Å²) in [7, 11) is 5.85. The number of benzene rings is 1. The van der Waals surface area contributed by atoms with Gasteiger partial charge in [-0.05, 0) is 45.1 Å². The molecule has 1 aromatic carbocycles. The maximum atomic E-state index is 5.46. The van der Waals surface area contributed by atoms with Crippen LogP contribution in [0, 0.1) is 0 Å². The Bertz CT molecular complexity index is 764. The summed E-state index contributed by atoms with van der Waals surface area (Å²) in [6.07, 6.45) is 1.66. The molecule has 7 nitrogen and oxygen atoms in total. The topological polar surface area (TPSA) is 74.9 Å². The van der Waals surface area contributed by atoms with E-state index in [1.54, 1.807) is 7.11 Å². The minimum absolute atomic E-state index is 0.182. The average molecular weight is 402 g/mol. The molecule has 160 valence electrons. The molecule has 2 N–H and O–H groups in total. The lowest BCUT2D eigenvalue weighted by Crippen LogP contribution is -2.41. The first-order valence-corrected chi connectivity index (χ1v) is 10.3. The normalized spacial score (nSPS) is 12.9. The van der Waals surface area contributed by atoms with Gasteiger partial charge in [0.1, 0.15) is 11.5 Å². The number of methoxy groups -OCH3 is 1. The standard InChI is InChI=1S/C22H35N5O2/c1-7-19-18(21(8-2)29-26-19)14-24-22(23-9-3)25-15-20(27(4)5)16-11-10-12-17(13-16)28-6/h10-13,20H,7-9,14-15H2,1-6H3,(H2,23,24,25). The third-order valence-corrected chi connectivity index (χ3v) is 4.91. The Hall–Kier alpha value is -2.54. The van der Waals surface area contributed by atoms with Crippen LogP contribution < -0.4 is 15.4 Å². The Kier molecular flexibility index (Phi) is 8.99. The van der Waals surface area contributed by atoms with Gasteiger partial charge in [0.15, 0.2) is 5.96 Å². The van der Waals surface area contributed by atoms with E-state index in [-0.39, 0.29) is 6.04 Å². The quantitative estimate of drug-likeness (QED) is 0.471. The number of nitrogens with one attached hydrogen (secondary N) is 2. The van der Waals surface area contributed by atoms with Crippen molar-refractivity contribution in [2.24, 2.45) is 4.99 Å². The second-order valence-corrected chi connectivity index (χ2v) is 7.07. The van der Waals surface area contributed by atoms with Crippen LogP contribution in [0.2, 0.25) is 0 Å². The SMILES string of the molecule is CCNC(=NCc1c(CC)noc1CC)NCC(c1cccc(OC)c1)N(C)C. The third kappa shape index (κ3) is 6.22. The van der Waals surface area contributed by atoms with Crippen molar-refractivity contribution >= 4 is 5.96 Å². The fourth-order valence-corrected chi connectivity index (χ4v) is 3.26. The summed E-state index contributed by atoms with van der Waals surface area (Å²) in [6, 6.07) is 8.37. The van der Waals surface area contributed by atoms with E-state index in [2.05, 4.69) is 67.7 Å². The van der Waals surface area contributed by atoms with Gasteiger partial charge in [-0.15, -0.1) is 0 Å². The van der Waals surface area contributed by atoms with E-state index >= 15 is 0 Å². The molecule has 1 atom stereocenters. The molecule has 29 heavy (non-hydrogen) atoms. The van der Waals surface area contributed by atoms with Crippen molar-refractivity contribution in [2.45, 2.75) is 46.2 Å². The zero-order valence-corrected chi connectivity index (χ0v) is 18.6. The van der Waals surface area contributed by atoms with E-state index in [1.807, 2.05) is 12.1 Å². The fraction of sp³-hybridized carbons (Fsp3) is 0.545. The number of likely N-dealkylation sites (N-methyl/N-ethyl adjacent to an activating group) is 1. The largest absolute Gasteiger partial charge is 0.497 e. The Labute approximate surface area is 174 Å². The number of aliphatic imine (C=N–C) groups is 1. The van der Waals surface area contributed by atoms with Gasteiger partial charge in [0, 0.05) is 25.1 Å². The molecule has 0 fully saturated rings. The van der Waals surface area contributed by atoms with E-state index < -0.39 is 0 Å². The molecule has 0 amide bonds. The minimum atomic E-state index is 0.182. The van der Waals surface area contributed by atoms with E-state index in [1.165, 1.54) is 5.56 Å². The summed E-state index contributed by atoms with van der Waals surface area (Å²) in [5.41, 5.74) is 3.28. The van der Waals surface area contributed by atoms with Crippen LogP contribution in [0.25, 0.3) is 0 Å². The van der Waals surface area contributed by atoms with Crippen LogP contribution >= 0.6 is 0 Å². The molecule has 1 heterocycles. The summed E-state index contributed by atoms with van der Waals surface area (Å²) in [5, 5.41) is 11.0. The summed E-state index contributed by atoms with van der Waals surface area (Å²) in [6.45, 7) is 8.30. The number of aryl methyl sites for hydroxylation is 2. The van der Waals surface area contributed by atoms with Gasteiger partial charge in [-0.3, -0.25) is 0 Å². The van der Waals surface area contributed by atoms with Gasteiger partial charge in [0.25, 0.3) is 0 Å². The molecule has 0 aliphatic heterocycles. The van der Waals surface area contributed by atoms with Crippen molar-refractivity contribution in [3.8, 4) is 5.75 Å².